The highest BCUT2D eigenvalue weighted by Crippen LogP contribution is 2.33. The van der Waals surface area contributed by atoms with Crippen LogP contribution in [0.4, 0.5) is 0 Å². The van der Waals surface area contributed by atoms with Gasteiger partial charge < -0.3 is 5.11 Å². The third kappa shape index (κ3) is 3.32. The Morgan fingerprint density at radius 1 is 1.38 bits per heavy atom. The van der Waals surface area contributed by atoms with Gasteiger partial charge in [0.1, 0.15) is 5.78 Å². The van der Waals surface area contributed by atoms with Gasteiger partial charge in [-0.3, -0.25) is 9.59 Å². The van der Waals surface area contributed by atoms with E-state index in [-0.39, 0.29) is 11.7 Å². The molecule has 0 radical (unpaired) electrons. The summed E-state index contributed by atoms with van der Waals surface area (Å²) >= 11 is 0. The summed E-state index contributed by atoms with van der Waals surface area (Å²) in [5.74, 6) is -0.364. The third-order valence-electron chi connectivity index (χ3n) is 3.59. The van der Waals surface area contributed by atoms with Gasteiger partial charge in [-0.25, -0.2) is 0 Å². The second-order valence-corrected chi connectivity index (χ2v) is 5.48. The highest BCUT2D eigenvalue weighted by atomic mass is 16.4. The summed E-state index contributed by atoms with van der Waals surface area (Å²) in [7, 11) is 0. The molecule has 0 heterocycles. The molecule has 0 bridgehead atoms. The first-order valence-electron chi connectivity index (χ1n) is 6.17. The van der Waals surface area contributed by atoms with Crippen molar-refractivity contribution in [3.05, 3.63) is 0 Å². The van der Waals surface area contributed by atoms with Gasteiger partial charge in [0, 0.05) is 12.3 Å². The van der Waals surface area contributed by atoms with Crippen LogP contribution in [0.1, 0.15) is 46.5 Å². The Morgan fingerprint density at radius 3 is 2.44 bits per heavy atom. The molecule has 0 aromatic carbocycles. The molecule has 0 aromatic rings. The van der Waals surface area contributed by atoms with Crippen molar-refractivity contribution < 1.29 is 14.7 Å². The predicted octanol–water partition coefficient (Wildman–Crippen LogP) is 2.74. The van der Waals surface area contributed by atoms with E-state index in [1.165, 1.54) is 0 Å². The molecular weight excluding hydrogens is 204 g/mol. The lowest BCUT2D eigenvalue weighted by molar-refractivity contribution is -0.147. The molecule has 0 aromatic heterocycles. The molecular formula is C13H22O3. The molecule has 1 rings (SSSR count). The van der Waals surface area contributed by atoms with Gasteiger partial charge in [-0.2, -0.15) is 0 Å². The van der Waals surface area contributed by atoms with E-state index in [2.05, 4.69) is 13.8 Å². The lowest BCUT2D eigenvalue weighted by Crippen LogP contribution is -2.33. The molecule has 0 saturated heterocycles. The molecule has 1 N–H and O–H groups in total. The summed E-state index contributed by atoms with van der Waals surface area (Å²) in [4.78, 5) is 22.7. The summed E-state index contributed by atoms with van der Waals surface area (Å²) in [5, 5.41) is 8.91. The number of carboxylic acid groups (broad SMARTS) is 1. The quantitative estimate of drug-likeness (QED) is 0.802. The topological polar surface area (TPSA) is 54.4 Å². The van der Waals surface area contributed by atoms with Crippen molar-refractivity contribution in [2.45, 2.75) is 46.5 Å². The smallest absolute Gasteiger partial charge is 0.306 e. The van der Waals surface area contributed by atoms with Crippen LogP contribution < -0.4 is 0 Å². The highest BCUT2D eigenvalue weighted by molar-refractivity contribution is 5.86. The van der Waals surface area contributed by atoms with Gasteiger partial charge >= 0.3 is 5.97 Å². The van der Waals surface area contributed by atoms with E-state index in [0.717, 1.165) is 19.3 Å². The van der Waals surface area contributed by atoms with E-state index in [4.69, 9.17) is 5.11 Å². The number of aliphatic carboxylic acids is 1. The van der Waals surface area contributed by atoms with Gasteiger partial charge in [-0.05, 0) is 31.1 Å². The summed E-state index contributed by atoms with van der Waals surface area (Å²) < 4.78 is 0. The molecule has 0 amide bonds. The zero-order valence-corrected chi connectivity index (χ0v) is 10.4. The minimum Gasteiger partial charge on any atom is -0.481 e. The first-order valence-corrected chi connectivity index (χ1v) is 6.17. The summed E-state index contributed by atoms with van der Waals surface area (Å²) in [6, 6.07) is 0. The Morgan fingerprint density at radius 2 is 2.00 bits per heavy atom. The van der Waals surface area contributed by atoms with E-state index in [9.17, 15) is 9.59 Å². The van der Waals surface area contributed by atoms with Crippen LogP contribution >= 0.6 is 0 Å². The van der Waals surface area contributed by atoms with Crippen molar-refractivity contribution >= 4 is 11.8 Å². The number of carbonyl (C=O) groups is 2. The molecule has 16 heavy (non-hydrogen) atoms. The molecule has 1 aliphatic rings. The number of carbonyl (C=O) groups excluding carboxylic acids is 1. The van der Waals surface area contributed by atoms with E-state index < -0.39 is 11.9 Å². The summed E-state index contributed by atoms with van der Waals surface area (Å²) in [6.07, 6.45) is 3.43. The van der Waals surface area contributed by atoms with E-state index in [0.29, 0.717) is 18.3 Å². The second kappa shape index (κ2) is 5.46. The summed E-state index contributed by atoms with van der Waals surface area (Å²) in [6.45, 7) is 5.97. The average Bonchev–Trinajstić information content (AvgIpc) is 2.15. The molecule has 1 aliphatic carbocycles. The lowest BCUT2D eigenvalue weighted by Gasteiger charge is -2.30. The molecule has 3 nitrogen and oxygen atoms in total. The maximum Gasteiger partial charge on any atom is 0.306 e. The number of ketones is 1. The average molecular weight is 226 g/mol. The van der Waals surface area contributed by atoms with Gasteiger partial charge in [0.05, 0.1) is 5.92 Å². The maximum atomic E-state index is 11.9. The van der Waals surface area contributed by atoms with Gasteiger partial charge in [0.15, 0.2) is 0 Å². The summed E-state index contributed by atoms with van der Waals surface area (Å²) in [5.41, 5.74) is 0. The minimum absolute atomic E-state index is 0.159. The normalized spacial score (nSPS) is 28.1. The molecule has 3 atom stereocenters. The van der Waals surface area contributed by atoms with Crippen LogP contribution in [0, 0.1) is 23.7 Å². The van der Waals surface area contributed by atoms with Crippen LogP contribution in [0.2, 0.25) is 0 Å². The Bertz CT molecular complexity index is 270. The third-order valence-corrected chi connectivity index (χ3v) is 3.59. The molecule has 3 heteroatoms. The van der Waals surface area contributed by atoms with Gasteiger partial charge in [0.2, 0.25) is 0 Å². The van der Waals surface area contributed by atoms with Crippen LogP contribution in [-0.2, 0) is 9.59 Å². The van der Waals surface area contributed by atoms with Crippen molar-refractivity contribution in [3.63, 3.8) is 0 Å². The number of rotatable bonds is 4. The van der Waals surface area contributed by atoms with Gasteiger partial charge in [0.25, 0.3) is 0 Å². The van der Waals surface area contributed by atoms with Crippen LogP contribution in [-0.4, -0.2) is 16.9 Å². The monoisotopic (exact) mass is 226 g/mol. The van der Waals surface area contributed by atoms with Gasteiger partial charge in [-0.15, -0.1) is 0 Å². The first-order chi connectivity index (χ1) is 7.41. The molecule has 1 fully saturated rings. The van der Waals surface area contributed by atoms with Crippen molar-refractivity contribution in [2.75, 3.05) is 0 Å². The number of Topliss-reactive ketones (excluding diaryl/α,β-unsaturated/α-hetero) is 1. The van der Waals surface area contributed by atoms with Crippen LogP contribution in [0.5, 0.6) is 0 Å². The van der Waals surface area contributed by atoms with Crippen molar-refractivity contribution in [2.24, 2.45) is 23.7 Å². The predicted molar refractivity (Wildman–Crippen MR) is 62.1 cm³/mol. The number of hydrogen-bond acceptors (Lipinski definition) is 2. The van der Waals surface area contributed by atoms with E-state index >= 15 is 0 Å². The first kappa shape index (κ1) is 13.2. The number of hydrogen-bond donors (Lipinski definition) is 1. The Labute approximate surface area is 97.2 Å². The minimum atomic E-state index is -0.847. The lowest BCUT2D eigenvalue weighted by atomic mass is 9.73. The highest BCUT2D eigenvalue weighted by Gasteiger charge is 2.35. The molecule has 0 aliphatic heterocycles. The van der Waals surface area contributed by atoms with E-state index in [1.54, 1.807) is 6.92 Å². The van der Waals surface area contributed by atoms with Crippen molar-refractivity contribution in [3.8, 4) is 0 Å². The number of carboxylic acids is 1. The molecule has 92 valence electrons. The zero-order chi connectivity index (χ0) is 12.3. The van der Waals surface area contributed by atoms with E-state index in [1.807, 2.05) is 0 Å². The van der Waals surface area contributed by atoms with Crippen molar-refractivity contribution in [1.29, 1.82) is 0 Å². The van der Waals surface area contributed by atoms with Crippen molar-refractivity contribution in [1.82, 2.24) is 0 Å². The fourth-order valence-corrected chi connectivity index (χ4v) is 2.68. The fourth-order valence-electron chi connectivity index (χ4n) is 2.68. The van der Waals surface area contributed by atoms with Crippen LogP contribution in [0.25, 0.3) is 0 Å². The Hall–Kier alpha value is -0.860. The standard InChI is InChI=1S/C13H22O3/c1-8(2)6-10-4-5-11(12(14)7-10)9(3)13(15)16/h8-11H,4-7H2,1-3H3,(H,15,16). The zero-order valence-electron chi connectivity index (χ0n) is 10.4. The maximum absolute atomic E-state index is 11.9. The SMILES string of the molecule is CC(C)CC1CCC(C(C)C(=O)O)C(=O)C1. The largest absolute Gasteiger partial charge is 0.481 e. The Balaban J connectivity index is 2.52. The fraction of sp³-hybridized carbons (Fsp3) is 0.846. The van der Waals surface area contributed by atoms with Crippen LogP contribution in [0.15, 0.2) is 0 Å². The molecule has 1 saturated carbocycles. The van der Waals surface area contributed by atoms with Gasteiger partial charge in [-0.1, -0.05) is 20.8 Å². The molecule has 0 spiro atoms. The second-order valence-electron chi connectivity index (χ2n) is 5.48. The molecule has 3 unspecified atom stereocenters. The Kier molecular flexibility index (Phi) is 4.51. The van der Waals surface area contributed by atoms with Crippen LogP contribution in [0.3, 0.4) is 0 Å².